The lowest BCUT2D eigenvalue weighted by Gasteiger charge is -2.23. The average Bonchev–Trinajstić information content (AvgIpc) is 2.57. The zero-order valence-electron chi connectivity index (χ0n) is 14.5. The van der Waals surface area contributed by atoms with E-state index in [2.05, 4.69) is 26.0 Å². The molecule has 0 saturated heterocycles. The Morgan fingerprint density at radius 3 is 2.42 bits per heavy atom. The summed E-state index contributed by atoms with van der Waals surface area (Å²) in [5.41, 5.74) is 4.97. The second-order valence-electron chi connectivity index (χ2n) is 7.23. The van der Waals surface area contributed by atoms with E-state index in [1.807, 2.05) is 24.3 Å². The van der Waals surface area contributed by atoms with Gasteiger partial charge in [0.25, 0.3) is 0 Å². The Labute approximate surface area is 144 Å². The molecule has 0 bridgehead atoms. The van der Waals surface area contributed by atoms with E-state index in [9.17, 15) is 10.2 Å². The molecular formula is C22H26O2. The van der Waals surface area contributed by atoms with Crippen LogP contribution in [-0.2, 0) is 6.42 Å². The first-order valence-corrected chi connectivity index (χ1v) is 8.83. The Balaban J connectivity index is 1.76. The zero-order chi connectivity index (χ0) is 17.1. The monoisotopic (exact) mass is 322 g/mol. The number of phenolic OH excluding ortho intramolecular Hbond substituents is 2. The Hall–Kier alpha value is -2.22. The standard InChI is InChI=1S/C22H26O2/c1-15(2)13-20-14-19(9-12-22(20)24)18-5-3-16(4-6-18)17-7-10-21(23)11-8-17/h5,7-12,14-16,23-24H,3-4,6,13H2,1-2H3. The SMILES string of the molecule is CC(C)Cc1cc(C2=CCC(c3ccc(O)cc3)CC2)ccc1O. The molecule has 2 N–H and O–H groups in total. The highest BCUT2D eigenvalue weighted by Crippen LogP contribution is 2.37. The first-order valence-electron chi connectivity index (χ1n) is 8.83. The van der Waals surface area contributed by atoms with E-state index >= 15 is 0 Å². The van der Waals surface area contributed by atoms with Crippen LogP contribution in [0.4, 0.5) is 0 Å². The minimum atomic E-state index is 0.326. The van der Waals surface area contributed by atoms with Gasteiger partial charge in [-0.25, -0.2) is 0 Å². The van der Waals surface area contributed by atoms with Gasteiger partial charge in [-0.1, -0.05) is 38.1 Å². The minimum Gasteiger partial charge on any atom is -0.508 e. The van der Waals surface area contributed by atoms with Crippen LogP contribution in [0.5, 0.6) is 11.5 Å². The summed E-state index contributed by atoms with van der Waals surface area (Å²) in [5, 5.41) is 19.5. The van der Waals surface area contributed by atoms with Crippen molar-refractivity contribution in [3.63, 3.8) is 0 Å². The molecule has 1 atom stereocenters. The molecule has 1 aliphatic carbocycles. The van der Waals surface area contributed by atoms with Gasteiger partial charge in [0.2, 0.25) is 0 Å². The molecule has 1 unspecified atom stereocenters. The molecule has 2 heteroatoms. The summed E-state index contributed by atoms with van der Waals surface area (Å²) in [4.78, 5) is 0. The van der Waals surface area contributed by atoms with Gasteiger partial charge in [-0.05, 0) is 84.0 Å². The Morgan fingerprint density at radius 1 is 1.04 bits per heavy atom. The summed E-state index contributed by atoms with van der Waals surface area (Å²) in [6.07, 6.45) is 6.45. The molecule has 0 aromatic heterocycles. The Bertz CT molecular complexity index is 726. The smallest absolute Gasteiger partial charge is 0.118 e. The van der Waals surface area contributed by atoms with Crippen molar-refractivity contribution in [1.82, 2.24) is 0 Å². The van der Waals surface area contributed by atoms with Crippen molar-refractivity contribution >= 4 is 5.57 Å². The van der Waals surface area contributed by atoms with E-state index in [4.69, 9.17) is 0 Å². The van der Waals surface area contributed by atoms with Gasteiger partial charge in [0, 0.05) is 0 Å². The summed E-state index contributed by atoms with van der Waals surface area (Å²) in [5.74, 6) is 1.80. The van der Waals surface area contributed by atoms with Gasteiger partial charge >= 0.3 is 0 Å². The summed E-state index contributed by atoms with van der Waals surface area (Å²) in [6, 6.07) is 13.6. The number of hydrogen-bond donors (Lipinski definition) is 2. The third-order valence-corrected chi connectivity index (χ3v) is 4.85. The molecule has 126 valence electrons. The molecule has 0 fully saturated rings. The van der Waals surface area contributed by atoms with Crippen molar-refractivity contribution in [2.45, 2.75) is 45.4 Å². The van der Waals surface area contributed by atoms with E-state index in [1.54, 1.807) is 12.1 Å². The fraction of sp³-hybridized carbons (Fsp3) is 0.364. The first kappa shape index (κ1) is 16.6. The number of benzene rings is 2. The molecule has 0 radical (unpaired) electrons. The highest BCUT2D eigenvalue weighted by Gasteiger charge is 2.18. The van der Waals surface area contributed by atoms with Crippen LogP contribution in [0.25, 0.3) is 5.57 Å². The molecule has 2 aromatic carbocycles. The third kappa shape index (κ3) is 3.81. The number of hydrogen-bond acceptors (Lipinski definition) is 2. The van der Waals surface area contributed by atoms with Crippen LogP contribution in [0, 0.1) is 5.92 Å². The fourth-order valence-corrected chi connectivity index (χ4v) is 3.53. The van der Waals surface area contributed by atoms with Gasteiger partial charge in [-0.3, -0.25) is 0 Å². The van der Waals surface area contributed by atoms with E-state index < -0.39 is 0 Å². The van der Waals surface area contributed by atoms with Crippen LogP contribution in [0.2, 0.25) is 0 Å². The molecule has 24 heavy (non-hydrogen) atoms. The van der Waals surface area contributed by atoms with Gasteiger partial charge in [0.05, 0.1) is 0 Å². The Morgan fingerprint density at radius 2 is 1.79 bits per heavy atom. The van der Waals surface area contributed by atoms with Crippen molar-refractivity contribution < 1.29 is 10.2 Å². The van der Waals surface area contributed by atoms with E-state index in [1.165, 1.54) is 16.7 Å². The molecule has 0 heterocycles. The van der Waals surface area contributed by atoms with E-state index in [0.29, 0.717) is 23.3 Å². The maximum Gasteiger partial charge on any atom is 0.118 e. The lowest BCUT2D eigenvalue weighted by atomic mass is 9.82. The van der Waals surface area contributed by atoms with Gasteiger partial charge in [-0.2, -0.15) is 0 Å². The summed E-state index contributed by atoms with van der Waals surface area (Å²) < 4.78 is 0. The Kier molecular flexibility index (Phi) is 4.94. The summed E-state index contributed by atoms with van der Waals surface area (Å²) in [7, 11) is 0. The molecule has 2 nitrogen and oxygen atoms in total. The van der Waals surface area contributed by atoms with Gasteiger partial charge in [0.1, 0.15) is 11.5 Å². The molecule has 0 saturated carbocycles. The molecule has 0 aliphatic heterocycles. The van der Waals surface area contributed by atoms with Crippen molar-refractivity contribution in [1.29, 1.82) is 0 Å². The van der Waals surface area contributed by atoms with Gasteiger partial charge in [-0.15, -0.1) is 0 Å². The van der Waals surface area contributed by atoms with Crippen LogP contribution < -0.4 is 0 Å². The number of rotatable bonds is 4. The van der Waals surface area contributed by atoms with E-state index in [-0.39, 0.29) is 0 Å². The average molecular weight is 322 g/mol. The molecule has 3 rings (SSSR count). The number of phenols is 2. The van der Waals surface area contributed by atoms with Gasteiger partial charge < -0.3 is 10.2 Å². The van der Waals surface area contributed by atoms with Crippen LogP contribution in [0.3, 0.4) is 0 Å². The summed E-state index contributed by atoms with van der Waals surface area (Å²) in [6.45, 7) is 4.35. The molecular weight excluding hydrogens is 296 g/mol. The third-order valence-electron chi connectivity index (χ3n) is 4.85. The van der Waals surface area contributed by atoms with Crippen LogP contribution in [0.15, 0.2) is 48.5 Å². The fourth-order valence-electron chi connectivity index (χ4n) is 3.53. The largest absolute Gasteiger partial charge is 0.508 e. The normalized spacial score (nSPS) is 17.8. The lowest BCUT2D eigenvalue weighted by molar-refractivity contribution is 0.462. The topological polar surface area (TPSA) is 40.5 Å². The van der Waals surface area contributed by atoms with Crippen molar-refractivity contribution in [3.05, 3.63) is 65.2 Å². The number of allylic oxidation sites excluding steroid dienone is 2. The molecule has 0 spiro atoms. The van der Waals surface area contributed by atoms with Crippen molar-refractivity contribution in [2.24, 2.45) is 5.92 Å². The lowest BCUT2D eigenvalue weighted by Crippen LogP contribution is -2.04. The maximum absolute atomic E-state index is 10.1. The van der Waals surface area contributed by atoms with Crippen LogP contribution >= 0.6 is 0 Å². The molecule has 2 aromatic rings. The summed E-state index contributed by atoms with van der Waals surface area (Å²) >= 11 is 0. The quantitative estimate of drug-likeness (QED) is 0.764. The molecule has 1 aliphatic rings. The predicted octanol–water partition coefficient (Wildman–Crippen LogP) is 5.65. The highest BCUT2D eigenvalue weighted by molar-refractivity contribution is 5.68. The molecule has 0 amide bonds. The highest BCUT2D eigenvalue weighted by atomic mass is 16.3. The van der Waals surface area contributed by atoms with Gasteiger partial charge in [0.15, 0.2) is 0 Å². The number of aromatic hydroxyl groups is 2. The van der Waals surface area contributed by atoms with E-state index in [0.717, 1.165) is 31.2 Å². The zero-order valence-corrected chi connectivity index (χ0v) is 14.5. The first-order chi connectivity index (χ1) is 11.5. The van der Waals surface area contributed by atoms with Crippen LogP contribution in [-0.4, -0.2) is 10.2 Å². The minimum absolute atomic E-state index is 0.326. The van der Waals surface area contributed by atoms with Crippen molar-refractivity contribution in [2.75, 3.05) is 0 Å². The predicted molar refractivity (Wildman–Crippen MR) is 99.3 cm³/mol. The van der Waals surface area contributed by atoms with Crippen LogP contribution in [0.1, 0.15) is 55.7 Å². The van der Waals surface area contributed by atoms with Crippen molar-refractivity contribution in [3.8, 4) is 11.5 Å². The second-order valence-corrected chi connectivity index (χ2v) is 7.23. The second kappa shape index (κ2) is 7.12. The maximum atomic E-state index is 10.1.